The van der Waals surface area contributed by atoms with E-state index in [2.05, 4.69) is 15.1 Å². The fourth-order valence-corrected chi connectivity index (χ4v) is 3.42. The van der Waals surface area contributed by atoms with Gasteiger partial charge in [-0.1, -0.05) is 12.1 Å². The van der Waals surface area contributed by atoms with Gasteiger partial charge in [0.25, 0.3) is 11.7 Å². The monoisotopic (exact) mass is 393 g/mol. The summed E-state index contributed by atoms with van der Waals surface area (Å²) in [6.07, 6.45) is -2.72. The first-order valence-corrected chi connectivity index (χ1v) is 8.66. The summed E-state index contributed by atoms with van der Waals surface area (Å²) in [6, 6.07) is 6.71. The van der Waals surface area contributed by atoms with Crippen molar-refractivity contribution in [2.45, 2.75) is 24.9 Å². The van der Waals surface area contributed by atoms with Crippen LogP contribution in [0.4, 0.5) is 17.6 Å². The van der Waals surface area contributed by atoms with E-state index in [0.717, 1.165) is 12.4 Å². The van der Waals surface area contributed by atoms with Crippen molar-refractivity contribution in [1.29, 1.82) is 0 Å². The Morgan fingerprint density at radius 2 is 1.86 bits per heavy atom. The maximum absolute atomic E-state index is 13.8. The molecule has 0 radical (unpaired) electrons. The van der Waals surface area contributed by atoms with E-state index >= 15 is 0 Å². The van der Waals surface area contributed by atoms with E-state index in [1.54, 1.807) is 6.07 Å². The molecule has 0 atom stereocenters. The molecule has 1 aliphatic heterocycles. The summed E-state index contributed by atoms with van der Waals surface area (Å²) in [6.45, 7) is 0.609. The van der Waals surface area contributed by atoms with Crippen molar-refractivity contribution >= 4 is 11.7 Å². The molecule has 4 rings (SSSR count). The molecule has 1 fully saturated rings. The second-order valence-electron chi connectivity index (χ2n) is 6.58. The normalized spacial score (nSPS) is 15.9. The third-order valence-electron chi connectivity index (χ3n) is 4.87. The van der Waals surface area contributed by atoms with Crippen LogP contribution in [0.25, 0.3) is 5.78 Å². The van der Waals surface area contributed by atoms with Crippen LogP contribution in [0.2, 0.25) is 0 Å². The summed E-state index contributed by atoms with van der Waals surface area (Å²) in [5, 5.41) is 3.58. The number of alkyl halides is 3. The van der Waals surface area contributed by atoms with Gasteiger partial charge in [-0.15, -0.1) is 0 Å². The highest BCUT2D eigenvalue weighted by atomic mass is 19.4. The van der Waals surface area contributed by atoms with Crippen LogP contribution >= 0.6 is 0 Å². The molecule has 0 unspecified atom stereocenters. The summed E-state index contributed by atoms with van der Waals surface area (Å²) in [4.78, 5) is 22.0. The van der Waals surface area contributed by atoms with E-state index in [0.29, 0.717) is 30.4 Å². The first kappa shape index (κ1) is 18.3. The number of amides is 1. The standard InChI is InChI=1S/C18H15F4N5O/c19-13-4-2-1-3-12(13)16(28)26-7-5-11(6-8-26)14-9-15(18(20,21)22)27-17(25-14)23-10-24-27/h1-4,9-11H,5-8H2. The van der Waals surface area contributed by atoms with E-state index in [9.17, 15) is 22.4 Å². The molecule has 28 heavy (non-hydrogen) atoms. The zero-order valence-electron chi connectivity index (χ0n) is 14.5. The Hall–Kier alpha value is -3.04. The number of aromatic nitrogens is 4. The maximum atomic E-state index is 13.8. The van der Waals surface area contributed by atoms with Gasteiger partial charge in [0.15, 0.2) is 5.69 Å². The number of nitrogens with zero attached hydrogens (tertiary/aromatic N) is 5. The van der Waals surface area contributed by atoms with Crippen LogP contribution in [-0.4, -0.2) is 43.5 Å². The third kappa shape index (κ3) is 3.30. The Morgan fingerprint density at radius 1 is 1.14 bits per heavy atom. The van der Waals surface area contributed by atoms with E-state index in [1.807, 2.05) is 0 Å². The van der Waals surface area contributed by atoms with Crippen molar-refractivity contribution in [3.63, 3.8) is 0 Å². The molecule has 6 nitrogen and oxygen atoms in total. The number of rotatable bonds is 2. The van der Waals surface area contributed by atoms with E-state index in [-0.39, 0.29) is 23.0 Å². The quantitative estimate of drug-likeness (QED) is 0.627. The lowest BCUT2D eigenvalue weighted by molar-refractivity contribution is -0.142. The van der Waals surface area contributed by atoms with Crippen LogP contribution in [0, 0.1) is 5.82 Å². The lowest BCUT2D eigenvalue weighted by Crippen LogP contribution is -2.38. The van der Waals surface area contributed by atoms with Crippen LogP contribution in [-0.2, 0) is 6.18 Å². The van der Waals surface area contributed by atoms with Crippen LogP contribution in [0.5, 0.6) is 0 Å². The number of benzene rings is 1. The lowest BCUT2D eigenvalue weighted by Gasteiger charge is -2.32. The topological polar surface area (TPSA) is 63.4 Å². The fraction of sp³-hybridized carbons (Fsp3) is 0.333. The number of carbonyl (C=O) groups is 1. The number of halogens is 4. The molecule has 3 heterocycles. The molecule has 0 saturated carbocycles. The average Bonchev–Trinajstić information content (AvgIpc) is 3.15. The smallest absolute Gasteiger partial charge is 0.339 e. The fourth-order valence-electron chi connectivity index (χ4n) is 3.42. The summed E-state index contributed by atoms with van der Waals surface area (Å²) in [5.41, 5.74) is -0.677. The Morgan fingerprint density at radius 3 is 2.54 bits per heavy atom. The SMILES string of the molecule is O=C(c1ccccc1F)N1CCC(c2cc(C(F)(F)F)n3ncnc3n2)CC1. The largest absolute Gasteiger partial charge is 0.433 e. The Kier molecular flexibility index (Phi) is 4.48. The molecule has 1 aliphatic rings. The minimum atomic E-state index is -4.59. The Labute approximate surface area is 156 Å². The molecule has 0 bridgehead atoms. The van der Waals surface area contributed by atoms with E-state index in [1.165, 1.54) is 23.1 Å². The second-order valence-corrected chi connectivity index (χ2v) is 6.58. The minimum absolute atomic E-state index is 0.0108. The number of carbonyl (C=O) groups excluding carboxylic acids is 1. The molecule has 0 N–H and O–H groups in total. The van der Waals surface area contributed by atoms with Crippen molar-refractivity contribution in [2.24, 2.45) is 0 Å². The van der Waals surface area contributed by atoms with Gasteiger partial charge in [0, 0.05) is 24.7 Å². The van der Waals surface area contributed by atoms with Gasteiger partial charge < -0.3 is 4.90 Å². The van der Waals surface area contributed by atoms with Gasteiger partial charge >= 0.3 is 6.18 Å². The lowest BCUT2D eigenvalue weighted by atomic mass is 9.92. The predicted molar refractivity (Wildman–Crippen MR) is 90.1 cm³/mol. The van der Waals surface area contributed by atoms with Crippen molar-refractivity contribution in [3.8, 4) is 0 Å². The number of hydrogen-bond donors (Lipinski definition) is 0. The molecule has 1 aromatic carbocycles. The highest BCUT2D eigenvalue weighted by Gasteiger charge is 2.36. The highest BCUT2D eigenvalue weighted by Crippen LogP contribution is 2.33. The van der Waals surface area contributed by atoms with Crippen molar-refractivity contribution < 1.29 is 22.4 Å². The molecule has 10 heteroatoms. The summed E-state index contributed by atoms with van der Waals surface area (Å²) in [5.74, 6) is -1.39. The first-order valence-electron chi connectivity index (χ1n) is 8.66. The molecule has 1 saturated heterocycles. The number of likely N-dealkylation sites (tertiary alicyclic amines) is 1. The van der Waals surface area contributed by atoms with Gasteiger partial charge in [-0.3, -0.25) is 4.79 Å². The zero-order chi connectivity index (χ0) is 19.9. The molecule has 0 aliphatic carbocycles. The van der Waals surface area contributed by atoms with Gasteiger partial charge in [0.05, 0.1) is 5.56 Å². The number of fused-ring (bicyclic) bond motifs is 1. The Bertz CT molecular complexity index is 1020. The molecule has 3 aromatic rings. The predicted octanol–water partition coefficient (Wildman–Crippen LogP) is 3.30. The summed E-state index contributed by atoms with van der Waals surface area (Å²) >= 11 is 0. The first-order chi connectivity index (χ1) is 13.3. The average molecular weight is 393 g/mol. The molecule has 0 spiro atoms. The number of hydrogen-bond acceptors (Lipinski definition) is 4. The molecular formula is C18H15F4N5O. The van der Waals surface area contributed by atoms with Crippen LogP contribution in [0.3, 0.4) is 0 Å². The zero-order valence-corrected chi connectivity index (χ0v) is 14.5. The summed E-state index contributed by atoms with van der Waals surface area (Å²) in [7, 11) is 0. The molecule has 1 amide bonds. The number of piperidine rings is 1. The second kappa shape index (κ2) is 6.84. The molecule has 2 aromatic heterocycles. The Balaban J connectivity index is 1.54. The van der Waals surface area contributed by atoms with Gasteiger partial charge in [-0.05, 0) is 31.0 Å². The van der Waals surface area contributed by atoms with E-state index < -0.39 is 23.6 Å². The van der Waals surface area contributed by atoms with Crippen LogP contribution in [0.1, 0.15) is 40.5 Å². The molecule has 146 valence electrons. The van der Waals surface area contributed by atoms with Gasteiger partial charge in [0.2, 0.25) is 0 Å². The highest BCUT2D eigenvalue weighted by molar-refractivity contribution is 5.94. The van der Waals surface area contributed by atoms with E-state index in [4.69, 9.17) is 0 Å². The van der Waals surface area contributed by atoms with Crippen molar-refractivity contribution in [3.05, 3.63) is 59.4 Å². The third-order valence-corrected chi connectivity index (χ3v) is 4.87. The van der Waals surface area contributed by atoms with Crippen molar-refractivity contribution in [2.75, 3.05) is 13.1 Å². The minimum Gasteiger partial charge on any atom is -0.339 e. The van der Waals surface area contributed by atoms with Gasteiger partial charge in [0.1, 0.15) is 12.1 Å². The van der Waals surface area contributed by atoms with Crippen molar-refractivity contribution in [1.82, 2.24) is 24.5 Å². The molecular weight excluding hydrogens is 378 g/mol. The maximum Gasteiger partial charge on any atom is 0.433 e. The van der Waals surface area contributed by atoms with Gasteiger partial charge in [-0.25, -0.2) is 9.37 Å². The van der Waals surface area contributed by atoms with Crippen LogP contribution in [0.15, 0.2) is 36.7 Å². The van der Waals surface area contributed by atoms with Gasteiger partial charge in [-0.2, -0.15) is 27.8 Å². The summed E-state index contributed by atoms with van der Waals surface area (Å²) < 4.78 is 54.5. The van der Waals surface area contributed by atoms with Crippen LogP contribution < -0.4 is 0 Å².